The van der Waals surface area contributed by atoms with Crippen molar-refractivity contribution in [3.05, 3.63) is 77.9 Å². The van der Waals surface area contributed by atoms with E-state index in [0.29, 0.717) is 52.9 Å². The highest BCUT2D eigenvalue weighted by molar-refractivity contribution is 7.92. The summed E-state index contributed by atoms with van der Waals surface area (Å²) in [5.41, 5.74) is 3.38. The molecule has 42 heavy (non-hydrogen) atoms. The zero-order valence-electron chi connectivity index (χ0n) is 24.2. The van der Waals surface area contributed by atoms with Crippen LogP contribution < -0.4 is 24.4 Å². The summed E-state index contributed by atoms with van der Waals surface area (Å²) < 4.78 is 37.1. The minimum Gasteiger partial charge on any atom is -0.493 e. The van der Waals surface area contributed by atoms with Gasteiger partial charge in [0.25, 0.3) is 0 Å². The molecule has 0 aromatic heterocycles. The van der Waals surface area contributed by atoms with Crippen LogP contribution in [0.5, 0.6) is 11.5 Å². The number of ether oxygens (including phenoxy) is 2. The van der Waals surface area contributed by atoms with E-state index < -0.39 is 21.8 Å². The molecule has 0 bridgehead atoms. The van der Waals surface area contributed by atoms with Gasteiger partial charge >= 0.3 is 0 Å². The summed E-state index contributed by atoms with van der Waals surface area (Å²) in [5, 5.41) is 5.66. The van der Waals surface area contributed by atoms with Crippen molar-refractivity contribution in [3.63, 3.8) is 0 Å². The highest BCUT2D eigenvalue weighted by atomic mass is 32.2. The molecular formula is C30H35N5O6S. The van der Waals surface area contributed by atoms with Crippen molar-refractivity contribution < 1.29 is 27.5 Å². The molecule has 0 radical (unpaired) electrons. The zero-order chi connectivity index (χ0) is 30.4. The van der Waals surface area contributed by atoms with Gasteiger partial charge in [0.05, 0.1) is 37.6 Å². The van der Waals surface area contributed by atoms with E-state index in [1.165, 1.54) is 14.2 Å². The standard InChI is InChI=1S/C30H35N5O6S/c1-34(2)16-15-31-27(36)19-35(42(5,38)39)22-13-11-21(12-14-22)32-29(20-9-7-6-8-10-20)28-23-17-25(40-3)26(41-4)18-24(23)33-30(28)37/h6-14,17-18,28H,15-16,19H2,1-5H3,(H,31,36)(H,33,37). The van der Waals surface area contributed by atoms with Crippen LogP contribution in [0, 0.1) is 0 Å². The molecule has 3 aromatic rings. The molecular weight excluding hydrogens is 558 g/mol. The maximum Gasteiger partial charge on any atom is 0.240 e. The number of nitrogens with one attached hydrogen (secondary N) is 2. The van der Waals surface area contributed by atoms with E-state index in [2.05, 4.69) is 10.6 Å². The fourth-order valence-electron chi connectivity index (χ4n) is 4.60. The molecule has 2 N–H and O–H groups in total. The van der Waals surface area contributed by atoms with Gasteiger partial charge in [0.1, 0.15) is 12.5 Å². The molecule has 0 fully saturated rings. The second-order valence-electron chi connectivity index (χ2n) is 10.0. The summed E-state index contributed by atoms with van der Waals surface area (Å²) in [6.45, 7) is 0.676. The van der Waals surface area contributed by atoms with Crippen molar-refractivity contribution in [2.45, 2.75) is 5.92 Å². The average molecular weight is 594 g/mol. The van der Waals surface area contributed by atoms with Crippen LogP contribution >= 0.6 is 0 Å². The predicted molar refractivity (Wildman–Crippen MR) is 164 cm³/mol. The van der Waals surface area contributed by atoms with Crippen molar-refractivity contribution in [3.8, 4) is 11.5 Å². The van der Waals surface area contributed by atoms with Gasteiger partial charge in [-0.2, -0.15) is 0 Å². The highest BCUT2D eigenvalue weighted by Crippen LogP contribution is 2.42. The second kappa shape index (κ2) is 13.0. The number of anilines is 2. The lowest BCUT2D eigenvalue weighted by atomic mass is 9.90. The third kappa shape index (κ3) is 7.07. The lowest BCUT2D eigenvalue weighted by Crippen LogP contribution is -2.42. The van der Waals surface area contributed by atoms with Crippen LogP contribution in [-0.4, -0.2) is 85.0 Å². The molecule has 12 heteroatoms. The van der Waals surface area contributed by atoms with Crippen molar-refractivity contribution in [1.29, 1.82) is 0 Å². The van der Waals surface area contributed by atoms with Crippen molar-refractivity contribution in [2.75, 3.05) is 63.8 Å². The van der Waals surface area contributed by atoms with E-state index >= 15 is 0 Å². The predicted octanol–water partition coefficient (Wildman–Crippen LogP) is 3.00. The highest BCUT2D eigenvalue weighted by Gasteiger charge is 2.36. The molecule has 4 rings (SSSR count). The van der Waals surface area contributed by atoms with E-state index in [9.17, 15) is 18.0 Å². The summed E-state index contributed by atoms with van der Waals surface area (Å²) in [6, 6.07) is 19.3. The Labute approximate surface area is 246 Å². The van der Waals surface area contributed by atoms with E-state index in [0.717, 1.165) is 16.1 Å². The number of carbonyl (C=O) groups excluding carboxylic acids is 2. The fraction of sp³-hybridized carbons (Fsp3) is 0.300. The van der Waals surface area contributed by atoms with E-state index in [1.807, 2.05) is 49.3 Å². The Morgan fingerprint density at radius 2 is 1.64 bits per heavy atom. The fourth-order valence-corrected chi connectivity index (χ4v) is 5.46. The van der Waals surface area contributed by atoms with Crippen LogP contribution in [0.1, 0.15) is 17.0 Å². The monoisotopic (exact) mass is 593 g/mol. The average Bonchev–Trinajstić information content (AvgIpc) is 3.28. The number of rotatable bonds is 12. The smallest absolute Gasteiger partial charge is 0.240 e. The summed E-state index contributed by atoms with van der Waals surface area (Å²) in [5.74, 6) is -0.411. The van der Waals surface area contributed by atoms with Gasteiger partial charge in [-0.15, -0.1) is 0 Å². The van der Waals surface area contributed by atoms with Crippen LogP contribution in [-0.2, 0) is 19.6 Å². The molecule has 1 aliphatic heterocycles. The normalized spacial score (nSPS) is 14.8. The number of amides is 2. The number of hydrogen-bond donors (Lipinski definition) is 2. The Morgan fingerprint density at radius 3 is 2.24 bits per heavy atom. The van der Waals surface area contributed by atoms with Crippen LogP contribution in [0.3, 0.4) is 0 Å². The van der Waals surface area contributed by atoms with Gasteiger partial charge in [-0.05, 0) is 55.6 Å². The molecule has 11 nitrogen and oxygen atoms in total. The summed E-state index contributed by atoms with van der Waals surface area (Å²) in [7, 11) is 3.08. The molecule has 1 unspecified atom stereocenters. The van der Waals surface area contributed by atoms with Gasteiger partial charge in [-0.1, -0.05) is 30.3 Å². The van der Waals surface area contributed by atoms with Gasteiger partial charge in [0, 0.05) is 24.8 Å². The number of fused-ring (bicyclic) bond motifs is 1. The van der Waals surface area contributed by atoms with Gasteiger partial charge < -0.3 is 25.0 Å². The first-order valence-corrected chi connectivity index (χ1v) is 15.1. The number of aliphatic imine (C=N–C) groups is 1. The number of benzene rings is 3. The van der Waals surface area contributed by atoms with Crippen LogP contribution in [0.2, 0.25) is 0 Å². The largest absolute Gasteiger partial charge is 0.493 e. The lowest BCUT2D eigenvalue weighted by Gasteiger charge is -2.22. The molecule has 3 aromatic carbocycles. The van der Waals surface area contributed by atoms with Crippen LogP contribution in [0.15, 0.2) is 71.7 Å². The molecule has 1 atom stereocenters. The maximum atomic E-state index is 13.3. The number of likely N-dealkylation sites (N-methyl/N-ethyl adjacent to an activating group) is 1. The summed E-state index contributed by atoms with van der Waals surface area (Å²) in [4.78, 5) is 32.6. The molecule has 222 valence electrons. The van der Waals surface area contributed by atoms with Crippen molar-refractivity contribution >= 4 is 44.6 Å². The Morgan fingerprint density at radius 1 is 1.00 bits per heavy atom. The number of carbonyl (C=O) groups is 2. The SMILES string of the molecule is COc1cc2c(cc1OC)C(C(=Nc1ccc(N(CC(=O)NCCN(C)C)S(C)(=O)=O)cc1)c1ccccc1)C(=O)N2. The molecule has 1 aliphatic rings. The van der Waals surface area contributed by atoms with E-state index in [4.69, 9.17) is 14.5 Å². The molecule has 0 saturated carbocycles. The lowest BCUT2D eigenvalue weighted by molar-refractivity contribution is -0.119. The first-order chi connectivity index (χ1) is 20.0. The van der Waals surface area contributed by atoms with Crippen molar-refractivity contribution in [2.24, 2.45) is 4.99 Å². The third-order valence-electron chi connectivity index (χ3n) is 6.69. The van der Waals surface area contributed by atoms with Crippen LogP contribution in [0.25, 0.3) is 0 Å². The Kier molecular flexibility index (Phi) is 9.48. The van der Waals surface area contributed by atoms with Gasteiger partial charge in [-0.25, -0.2) is 8.42 Å². The van der Waals surface area contributed by atoms with Gasteiger partial charge in [0.15, 0.2) is 11.5 Å². The maximum absolute atomic E-state index is 13.3. The zero-order valence-corrected chi connectivity index (χ0v) is 25.1. The number of methoxy groups -OCH3 is 2. The molecule has 0 aliphatic carbocycles. The Hall–Kier alpha value is -4.42. The Balaban J connectivity index is 1.69. The minimum absolute atomic E-state index is 0.247. The number of sulfonamides is 1. The summed E-state index contributed by atoms with van der Waals surface area (Å²) >= 11 is 0. The minimum atomic E-state index is -3.75. The Bertz CT molecular complexity index is 1570. The van der Waals surface area contributed by atoms with Crippen molar-refractivity contribution in [1.82, 2.24) is 10.2 Å². The summed E-state index contributed by atoms with van der Waals surface area (Å²) in [6.07, 6.45) is 1.05. The number of nitrogens with zero attached hydrogens (tertiary/aromatic N) is 3. The van der Waals surface area contributed by atoms with Gasteiger partial charge in [-0.3, -0.25) is 18.9 Å². The topological polar surface area (TPSA) is 130 Å². The first kappa shape index (κ1) is 30.5. The molecule has 2 amide bonds. The van der Waals surface area contributed by atoms with Gasteiger partial charge in [0.2, 0.25) is 21.8 Å². The number of hydrogen-bond acceptors (Lipinski definition) is 8. The third-order valence-corrected chi connectivity index (χ3v) is 7.83. The van der Waals surface area contributed by atoms with Crippen LogP contribution in [0.4, 0.5) is 17.1 Å². The second-order valence-corrected chi connectivity index (χ2v) is 11.9. The van der Waals surface area contributed by atoms with E-state index in [-0.39, 0.29) is 12.5 Å². The first-order valence-electron chi connectivity index (χ1n) is 13.2. The molecule has 0 saturated heterocycles. The van der Waals surface area contributed by atoms with E-state index in [1.54, 1.807) is 36.4 Å². The molecule has 1 heterocycles. The molecule has 0 spiro atoms. The quantitative estimate of drug-likeness (QED) is 0.309.